The lowest BCUT2D eigenvalue weighted by atomic mass is 9.84. The maximum Gasteiger partial charge on any atom is 0.0713 e. The summed E-state index contributed by atoms with van der Waals surface area (Å²) in [5.41, 5.74) is 6.22. The summed E-state index contributed by atoms with van der Waals surface area (Å²) in [5.74, 6) is 3.33. The van der Waals surface area contributed by atoms with E-state index in [0.29, 0.717) is 6.04 Å². The molecule has 3 fully saturated rings. The Morgan fingerprint density at radius 2 is 2.11 bits per heavy atom. The van der Waals surface area contributed by atoms with Crippen molar-refractivity contribution in [1.82, 2.24) is 4.90 Å². The Morgan fingerprint density at radius 3 is 2.84 bits per heavy atom. The summed E-state index contributed by atoms with van der Waals surface area (Å²) in [5, 5.41) is 0. The molecule has 1 spiro atoms. The van der Waals surface area contributed by atoms with E-state index in [0.717, 1.165) is 25.1 Å². The summed E-state index contributed by atoms with van der Waals surface area (Å²) in [6, 6.07) is 1.33. The van der Waals surface area contributed by atoms with Crippen LogP contribution in [0, 0.1) is 5.92 Å². The molecule has 0 aromatic carbocycles. The maximum atomic E-state index is 6.22. The highest BCUT2D eigenvalue weighted by molar-refractivity contribution is 7.99. The topological polar surface area (TPSA) is 38.5 Å². The minimum absolute atomic E-state index is 0.207. The normalized spacial score (nSPS) is 39.8. The lowest BCUT2D eigenvalue weighted by molar-refractivity contribution is -0.112. The predicted molar refractivity (Wildman–Crippen MR) is 81.6 cm³/mol. The number of likely N-dealkylation sites (tertiary alicyclic amines) is 1. The van der Waals surface area contributed by atoms with Crippen LogP contribution in [0.4, 0.5) is 0 Å². The van der Waals surface area contributed by atoms with Crippen LogP contribution in [0.1, 0.15) is 39.0 Å². The first-order chi connectivity index (χ1) is 9.24. The van der Waals surface area contributed by atoms with Crippen molar-refractivity contribution in [1.29, 1.82) is 0 Å². The van der Waals surface area contributed by atoms with Crippen LogP contribution >= 0.6 is 11.8 Å². The number of rotatable bonds is 2. The Balaban J connectivity index is 1.67. The van der Waals surface area contributed by atoms with Crippen molar-refractivity contribution in [3.05, 3.63) is 0 Å². The van der Waals surface area contributed by atoms with E-state index in [1.807, 2.05) is 0 Å². The van der Waals surface area contributed by atoms with E-state index in [2.05, 4.69) is 23.6 Å². The highest BCUT2D eigenvalue weighted by Gasteiger charge is 2.43. The van der Waals surface area contributed by atoms with Gasteiger partial charge < -0.3 is 10.5 Å². The third-order valence-electron chi connectivity index (χ3n) is 5.51. The number of thioether (sulfide) groups is 1. The van der Waals surface area contributed by atoms with Crippen molar-refractivity contribution in [3.63, 3.8) is 0 Å². The average molecular weight is 284 g/mol. The molecule has 3 aliphatic heterocycles. The van der Waals surface area contributed by atoms with Crippen LogP contribution in [0.2, 0.25) is 0 Å². The lowest BCUT2D eigenvalue weighted by Gasteiger charge is -2.47. The van der Waals surface area contributed by atoms with Gasteiger partial charge in [0.1, 0.15) is 0 Å². The fourth-order valence-corrected chi connectivity index (χ4v) is 5.47. The van der Waals surface area contributed by atoms with Gasteiger partial charge in [-0.1, -0.05) is 6.92 Å². The number of hydrogen-bond donors (Lipinski definition) is 1. The van der Waals surface area contributed by atoms with Crippen molar-refractivity contribution < 1.29 is 4.74 Å². The summed E-state index contributed by atoms with van der Waals surface area (Å²) in [6.45, 7) is 5.39. The van der Waals surface area contributed by atoms with Crippen LogP contribution in [-0.2, 0) is 4.74 Å². The van der Waals surface area contributed by atoms with Crippen molar-refractivity contribution in [2.24, 2.45) is 11.7 Å². The highest BCUT2D eigenvalue weighted by atomic mass is 32.2. The Kier molecular flexibility index (Phi) is 4.42. The molecule has 3 unspecified atom stereocenters. The van der Waals surface area contributed by atoms with E-state index in [1.165, 1.54) is 50.2 Å². The summed E-state index contributed by atoms with van der Waals surface area (Å²) < 4.78 is 6.22. The van der Waals surface area contributed by atoms with Gasteiger partial charge in [-0.15, -0.1) is 0 Å². The van der Waals surface area contributed by atoms with Gasteiger partial charge in [-0.05, 0) is 56.1 Å². The molecule has 3 atom stereocenters. The zero-order valence-electron chi connectivity index (χ0n) is 12.1. The molecular weight excluding hydrogens is 256 g/mol. The molecule has 3 rings (SSSR count). The number of ether oxygens (including phenoxy) is 1. The van der Waals surface area contributed by atoms with Gasteiger partial charge in [-0.2, -0.15) is 11.8 Å². The van der Waals surface area contributed by atoms with Crippen LogP contribution in [0.5, 0.6) is 0 Å². The second kappa shape index (κ2) is 5.92. The Bertz CT molecular complexity index is 301. The van der Waals surface area contributed by atoms with Crippen molar-refractivity contribution in [2.45, 2.75) is 56.7 Å². The number of nitrogens with zero attached hydrogens (tertiary/aromatic N) is 1. The summed E-state index contributed by atoms with van der Waals surface area (Å²) in [6.07, 6.45) is 6.28. The van der Waals surface area contributed by atoms with Crippen molar-refractivity contribution in [2.75, 3.05) is 31.2 Å². The van der Waals surface area contributed by atoms with Gasteiger partial charge in [0.05, 0.1) is 5.60 Å². The Hall–Kier alpha value is 0.230. The molecule has 3 heterocycles. The molecule has 3 nitrogen and oxygen atoms in total. The summed E-state index contributed by atoms with van der Waals surface area (Å²) in [7, 11) is 0. The van der Waals surface area contributed by atoms with Crippen LogP contribution in [0.15, 0.2) is 0 Å². The molecule has 0 amide bonds. The third-order valence-corrected chi connectivity index (χ3v) is 6.49. The maximum absolute atomic E-state index is 6.22. The van der Waals surface area contributed by atoms with Gasteiger partial charge in [-0.25, -0.2) is 0 Å². The van der Waals surface area contributed by atoms with Crippen LogP contribution in [0.3, 0.4) is 0 Å². The predicted octanol–water partition coefficient (Wildman–Crippen LogP) is 2.10. The molecule has 4 heteroatoms. The van der Waals surface area contributed by atoms with Gasteiger partial charge in [0.15, 0.2) is 0 Å². The van der Waals surface area contributed by atoms with E-state index in [9.17, 15) is 0 Å². The fraction of sp³-hybridized carbons (Fsp3) is 1.00. The molecule has 0 bridgehead atoms. The molecule has 3 aliphatic rings. The second-order valence-electron chi connectivity index (χ2n) is 6.60. The smallest absolute Gasteiger partial charge is 0.0713 e. The first-order valence-corrected chi connectivity index (χ1v) is 9.07. The van der Waals surface area contributed by atoms with E-state index >= 15 is 0 Å². The minimum Gasteiger partial charge on any atom is -0.375 e. The lowest BCUT2D eigenvalue weighted by Crippen LogP contribution is -2.53. The third kappa shape index (κ3) is 2.82. The zero-order chi connectivity index (χ0) is 13.3. The van der Waals surface area contributed by atoms with Gasteiger partial charge in [0.2, 0.25) is 0 Å². The molecule has 110 valence electrons. The highest BCUT2D eigenvalue weighted by Crippen LogP contribution is 2.40. The second-order valence-corrected chi connectivity index (χ2v) is 7.82. The monoisotopic (exact) mass is 284 g/mol. The number of nitrogens with two attached hydrogens (primary N) is 1. The molecule has 3 saturated heterocycles. The first kappa shape index (κ1) is 14.2. The molecule has 0 aliphatic carbocycles. The average Bonchev–Trinajstić information content (AvgIpc) is 2.81. The van der Waals surface area contributed by atoms with E-state index in [4.69, 9.17) is 10.5 Å². The molecule has 0 saturated carbocycles. The molecule has 0 aromatic heterocycles. The Morgan fingerprint density at radius 1 is 1.32 bits per heavy atom. The Labute approximate surface area is 121 Å². The molecular formula is C15H28N2OS. The minimum atomic E-state index is 0.207. The summed E-state index contributed by atoms with van der Waals surface area (Å²) >= 11 is 2.09. The summed E-state index contributed by atoms with van der Waals surface area (Å²) in [4.78, 5) is 2.72. The van der Waals surface area contributed by atoms with Crippen LogP contribution in [0.25, 0.3) is 0 Å². The van der Waals surface area contributed by atoms with E-state index in [1.54, 1.807) is 0 Å². The standard InChI is InChI=1S/C15H28N2OS/c1-12-2-6-17(14(12)11-16)13-3-7-18-15(10-13)4-8-19-9-5-15/h12-14H,2-11,16H2,1H3. The first-order valence-electron chi connectivity index (χ1n) is 7.92. The molecule has 0 radical (unpaired) electrons. The van der Waals surface area contributed by atoms with Gasteiger partial charge in [0.25, 0.3) is 0 Å². The van der Waals surface area contributed by atoms with Gasteiger partial charge in [-0.3, -0.25) is 4.90 Å². The quantitative estimate of drug-likeness (QED) is 0.843. The van der Waals surface area contributed by atoms with E-state index < -0.39 is 0 Å². The van der Waals surface area contributed by atoms with Crippen LogP contribution in [-0.4, -0.2) is 53.8 Å². The van der Waals surface area contributed by atoms with Gasteiger partial charge >= 0.3 is 0 Å². The van der Waals surface area contributed by atoms with Crippen molar-refractivity contribution in [3.8, 4) is 0 Å². The molecule has 19 heavy (non-hydrogen) atoms. The fourth-order valence-electron chi connectivity index (χ4n) is 4.24. The molecule has 0 aromatic rings. The largest absolute Gasteiger partial charge is 0.375 e. The van der Waals surface area contributed by atoms with E-state index in [-0.39, 0.29) is 5.60 Å². The van der Waals surface area contributed by atoms with Gasteiger partial charge in [0, 0.05) is 25.2 Å². The molecule has 2 N–H and O–H groups in total. The SMILES string of the molecule is CC1CCN(C2CCOC3(CCSCC3)C2)C1CN. The van der Waals surface area contributed by atoms with Crippen molar-refractivity contribution >= 4 is 11.8 Å². The number of hydrogen-bond acceptors (Lipinski definition) is 4. The van der Waals surface area contributed by atoms with Crippen LogP contribution < -0.4 is 5.73 Å². The zero-order valence-corrected chi connectivity index (χ0v) is 13.0.